The van der Waals surface area contributed by atoms with E-state index in [9.17, 15) is 13.2 Å². The van der Waals surface area contributed by atoms with Gasteiger partial charge in [0, 0.05) is 5.69 Å². The van der Waals surface area contributed by atoms with E-state index >= 15 is 0 Å². The number of ether oxygens (including phenoxy) is 1. The van der Waals surface area contributed by atoms with Crippen molar-refractivity contribution in [1.29, 1.82) is 0 Å². The molecule has 0 aliphatic rings. The number of benzene rings is 3. The van der Waals surface area contributed by atoms with Crippen molar-refractivity contribution in [2.45, 2.75) is 32.6 Å². The maximum atomic E-state index is 12.8. The van der Waals surface area contributed by atoms with Gasteiger partial charge in [0.05, 0.1) is 22.8 Å². The third kappa shape index (κ3) is 5.68. The number of anilines is 2. The average molecular weight is 453 g/mol. The van der Waals surface area contributed by atoms with Gasteiger partial charge in [0.2, 0.25) is 0 Å². The molecular weight excluding hydrogens is 424 g/mol. The molecule has 0 atom stereocenters. The van der Waals surface area contributed by atoms with Crippen molar-refractivity contribution in [1.82, 2.24) is 0 Å². The van der Waals surface area contributed by atoms with Gasteiger partial charge in [0.15, 0.2) is 0 Å². The van der Waals surface area contributed by atoms with E-state index in [1.165, 1.54) is 12.1 Å². The van der Waals surface area contributed by atoms with Crippen LogP contribution < -0.4 is 14.8 Å². The molecule has 0 saturated carbocycles. The van der Waals surface area contributed by atoms with Crippen molar-refractivity contribution in [3.63, 3.8) is 0 Å². The van der Waals surface area contributed by atoms with Crippen molar-refractivity contribution in [3.05, 3.63) is 83.4 Å². The zero-order valence-electron chi connectivity index (χ0n) is 18.7. The minimum atomic E-state index is -3.76. The molecule has 0 heterocycles. The number of sulfonamides is 1. The molecule has 0 fully saturated rings. The van der Waals surface area contributed by atoms with Crippen LogP contribution >= 0.6 is 0 Å². The second-order valence-corrected chi connectivity index (χ2v) is 9.73. The van der Waals surface area contributed by atoms with E-state index in [1.807, 2.05) is 52.0 Å². The predicted molar refractivity (Wildman–Crippen MR) is 128 cm³/mol. The first-order chi connectivity index (χ1) is 15.2. The summed E-state index contributed by atoms with van der Waals surface area (Å²) in [5.41, 5.74) is 3.16. The van der Waals surface area contributed by atoms with Crippen LogP contribution in [0.3, 0.4) is 0 Å². The lowest BCUT2D eigenvalue weighted by atomic mass is 10.1. The van der Waals surface area contributed by atoms with Crippen molar-refractivity contribution in [2.75, 3.05) is 16.6 Å². The van der Waals surface area contributed by atoms with E-state index in [-0.39, 0.29) is 10.8 Å². The van der Waals surface area contributed by atoms with Gasteiger partial charge in [-0.25, -0.2) is 8.42 Å². The predicted octanol–water partition coefficient (Wildman–Crippen LogP) is 5.39. The van der Waals surface area contributed by atoms with E-state index < -0.39 is 10.0 Å². The smallest absolute Gasteiger partial charge is 0.261 e. The molecule has 3 aromatic carbocycles. The molecule has 0 aromatic heterocycles. The van der Waals surface area contributed by atoms with Gasteiger partial charge in [-0.2, -0.15) is 0 Å². The Morgan fingerprint density at radius 2 is 1.53 bits per heavy atom. The molecule has 3 aromatic rings. The lowest BCUT2D eigenvalue weighted by molar-refractivity contribution is 0.102. The van der Waals surface area contributed by atoms with Crippen molar-refractivity contribution < 1.29 is 17.9 Å². The van der Waals surface area contributed by atoms with Gasteiger partial charge in [-0.3, -0.25) is 9.52 Å². The van der Waals surface area contributed by atoms with E-state index in [0.29, 0.717) is 35.2 Å². The molecule has 7 heteroatoms. The normalized spacial score (nSPS) is 11.3. The van der Waals surface area contributed by atoms with E-state index in [4.69, 9.17) is 4.74 Å². The lowest BCUT2D eigenvalue weighted by Crippen LogP contribution is -2.16. The molecule has 0 bridgehead atoms. The van der Waals surface area contributed by atoms with Crippen LogP contribution in [0.1, 0.15) is 35.3 Å². The van der Waals surface area contributed by atoms with Crippen molar-refractivity contribution in [2.24, 2.45) is 5.92 Å². The Hall–Kier alpha value is -3.32. The van der Waals surface area contributed by atoms with Crippen LogP contribution in [-0.2, 0) is 10.0 Å². The summed E-state index contributed by atoms with van der Waals surface area (Å²) >= 11 is 0. The van der Waals surface area contributed by atoms with Crippen molar-refractivity contribution in [3.8, 4) is 5.75 Å². The molecular formula is C25H28N2O4S. The Kier molecular flexibility index (Phi) is 7.20. The lowest BCUT2D eigenvalue weighted by Gasteiger charge is -2.14. The topological polar surface area (TPSA) is 84.5 Å². The van der Waals surface area contributed by atoms with Gasteiger partial charge in [-0.15, -0.1) is 0 Å². The van der Waals surface area contributed by atoms with Crippen LogP contribution in [0, 0.1) is 19.8 Å². The zero-order valence-corrected chi connectivity index (χ0v) is 19.5. The van der Waals surface area contributed by atoms with Crippen LogP contribution in [0.2, 0.25) is 0 Å². The van der Waals surface area contributed by atoms with Crippen LogP contribution in [-0.4, -0.2) is 20.9 Å². The number of hydrogen-bond donors (Lipinski definition) is 2. The van der Waals surface area contributed by atoms with Gasteiger partial charge in [0.1, 0.15) is 5.75 Å². The molecule has 1 amide bonds. The Balaban J connectivity index is 1.74. The highest BCUT2D eigenvalue weighted by Crippen LogP contribution is 2.25. The van der Waals surface area contributed by atoms with Gasteiger partial charge < -0.3 is 10.1 Å². The largest absolute Gasteiger partial charge is 0.492 e. The molecule has 32 heavy (non-hydrogen) atoms. The Morgan fingerprint density at radius 3 is 2.16 bits per heavy atom. The van der Waals surface area contributed by atoms with Crippen LogP contribution in [0.5, 0.6) is 5.75 Å². The van der Waals surface area contributed by atoms with Crippen LogP contribution in [0.4, 0.5) is 11.4 Å². The summed E-state index contributed by atoms with van der Waals surface area (Å²) in [4.78, 5) is 12.9. The first kappa shape index (κ1) is 23.3. The summed E-state index contributed by atoms with van der Waals surface area (Å²) in [5.74, 6) is 0.516. The number of para-hydroxylation sites is 2. The first-order valence-electron chi connectivity index (χ1n) is 10.4. The second-order valence-electron chi connectivity index (χ2n) is 8.05. The van der Waals surface area contributed by atoms with Gasteiger partial charge in [0.25, 0.3) is 15.9 Å². The van der Waals surface area contributed by atoms with E-state index in [2.05, 4.69) is 10.0 Å². The summed E-state index contributed by atoms with van der Waals surface area (Å²) < 4.78 is 34.0. The summed E-state index contributed by atoms with van der Waals surface area (Å²) in [6.45, 7) is 8.28. The summed E-state index contributed by atoms with van der Waals surface area (Å²) in [6, 6.07) is 18.7. The summed E-state index contributed by atoms with van der Waals surface area (Å²) in [5, 5.41) is 2.80. The van der Waals surface area contributed by atoms with Gasteiger partial charge in [-0.1, -0.05) is 44.2 Å². The average Bonchev–Trinajstić information content (AvgIpc) is 2.75. The molecule has 6 nitrogen and oxygen atoms in total. The molecule has 168 valence electrons. The number of amides is 1. The molecule has 0 aliphatic carbocycles. The molecule has 0 radical (unpaired) electrons. The second kappa shape index (κ2) is 9.87. The minimum absolute atomic E-state index is 0.110. The highest BCUT2D eigenvalue weighted by Gasteiger charge is 2.17. The van der Waals surface area contributed by atoms with Crippen LogP contribution in [0.15, 0.2) is 71.6 Å². The SMILES string of the molecule is Cc1cccc(C)c1NS(=O)(=O)c1ccc(NC(=O)c2ccccc2OCC(C)C)cc1. The number of carbonyl (C=O) groups is 1. The third-order valence-electron chi connectivity index (χ3n) is 4.84. The molecule has 0 aliphatic heterocycles. The van der Waals surface area contributed by atoms with E-state index in [1.54, 1.807) is 30.3 Å². The Bertz CT molecular complexity index is 1180. The highest BCUT2D eigenvalue weighted by atomic mass is 32.2. The molecule has 3 rings (SSSR count). The van der Waals surface area contributed by atoms with Gasteiger partial charge >= 0.3 is 0 Å². The Labute approximate surface area is 189 Å². The molecule has 0 unspecified atom stereocenters. The number of rotatable bonds is 8. The van der Waals surface area contributed by atoms with E-state index in [0.717, 1.165) is 11.1 Å². The highest BCUT2D eigenvalue weighted by molar-refractivity contribution is 7.92. The zero-order chi connectivity index (χ0) is 23.3. The number of hydrogen-bond acceptors (Lipinski definition) is 4. The summed E-state index contributed by atoms with van der Waals surface area (Å²) in [6.07, 6.45) is 0. The molecule has 0 spiro atoms. The van der Waals surface area contributed by atoms with Crippen LogP contribution in [0.25, 0.3) is 0 Å². The number of aryl methyl sites for hydroxylation is 2. The maximum Gasteiger partial charge on any atom is 0.261 e. The fourth-order valence-corrected chi connectivity index (χ4v) is 4.32. The standard InChI is InChI=1S/C25H28N2O4S/c1-17(2)16-31-23-11-6-5-10-22(23)25(28)26-20-12-14-21(15-13-20)32(29,30)27-24-18(3)8-7-9-19(24)4/h5-15,17,27H,16H2,1-4H3,(H,26,28). The molecule has 0 saturated heterocycles. The molecule has 2 N–H and O–H groups in total. The Morgan fingerprint density at radius 1 is 0.906 bits per heavy atom. The maximum absolute atomic E-state index is 12.8. The number of nitrogens with one attached hydrogen (secondary N) is 2. The monoisotopic (exact) mass is 452 g/mol. The fourth-order valence-electron chi connectivity index (χ4n) is 3.12. The first-order valence-corrected chi connectivity index (χ1v) is 11.9. The quantitative estimate of drug-likeness (QED) is 0.480. The van der Waals surface area contributed by atoms with Crippen molar-refractivity contribution >= 4 is 27.3 Å². The minimum Gasteiger partial charge on any atom is -0.492 e. The summed E-state index contributed by atoms with van der Waals surface area (Å²) in [7, 11) is -3.76. The fraction of sp³-hybridized carbons (Fsp3) is 0.240. The van der Waals surface area contributed by atoms with Gasteiger partial charge in [-0.05, 0) is 67.3 Å². The number of carbonyl (C=O) groups excluding carboxylic acids is 1. The third-order valence-corrected chi connectivity index (χ3v) is 6.21.